The molecule has 2 rings (SSSR count). The third kappa shape index (κ3) is 3.14. The first-order valence-corrected chi connectivity index (χ1v) is 4.81. The second-order valence-electron chi connectivity index (χ2n) is 3.23. The molecule has 76 valence electrons. The van der Waals surface area contributed by atoms with E-state index in [4.69, 9.17) is 4.74 Å². The van der Waals surface area contributed by atoms with Crippen molar-refractivity contribution in [1.29, 1.82) is 0 Å². The molecular weight excluding hydrogens is 188 g/mol. The average molecular weight is 200 g/mol. The maximum atomic E-state index is 5.53. The van der Waals surface area contributed by atoms with E-state index in [0.717, 1.165) is 5.56 Å². The molecule has 0 unspecified atom stereocenters. The summed E-state index contributed by atoms with van der Waals surface area (Å²) in [5, 5.41) is 0. The lowest BCUT2D eigenvalue weighted by atomic mass is 10.2. The second kappa shape index (κ2) is 5.22. The zero-order chi connectivity index (χ0) is 10.3. The summed E-state index contributed by atoms with van der Waals surface area (Å²) in [7, 11) is 0. The lowest BCUT2D eigenvalue weighted by molar-refractivity contribution is 0.106. The van der Waals surface area contributed by atoms with Gasteiger partial charge < -0.3 is 4.74 Å². The molecule has 0 bridgehead atoms. The predicted molar refractivity (Wildman–Crippen MR) is 57.0 cm³/mol. The Morgan fingerprint density at radius 1 is 0.867 bits per heavy atom. The van der Waals surface area contributed by atoms with Crippen molar-refractivity contribution in [2.45, 2.75) is 13.2 Å². The molecule has 0 spiro atoms. The number of aromatic nitrogens is 2. The van der Waals surface area contributed by atoms with E-state index in [2.05, 4.69) is 9.97 Å². The van der Waals surface area contributed by atoms with Gasteiger partial charge in [0.05, 0.1) is 13.2 Å². The molecule has 0 aliphatic heterocycles. The molecule has 0 N–H and O–H groups in total. The summed E-state index contributed by atoms with van der Waals surface area (Å²) >= 11 is 0. The minimum Gasteiger partial charge on any atom is -0.372 e. The number of hydrogen-bond acceptors (Lipinski definition) is 3. The molecule has 0 radical (unpaired) electrons. The van der Waals surface area contributed by atoms with E-state index < -0.39 is 0 Å². The fraction of sp³-hybridized carbons (Fsp3) is 0.167. The van der Waals surface area contributed by atoms with E-state index in [9.17, 15) is 0 Å². The fourth-order valence-electron chi connectivity index (χ4n) is 1.27. The summed E-state index contributed by atoms with van der Waals surface area (Å²) in [6.07, 6.45) is 5.04. The minimum absolute atomic E-state index is 0.551. The van der Waals surface area contributed by atoms with E-state index >= 15 is 0 Å². The number of benzene rings is 1. The van der Waals surface area contributed by atoms with E-state index in [1.54, 1.807) is 12.4 Å². The van der Waals surface area contributed by atoms with Gasteiger partial charge in [-0.25, -0.2) is 9.97 Å². The van der Waals surface area contributed by atoms with Crippen LogP contribution in [0, 0.1) is 0 Å². The Kier molecular flexibility index (Phi) is 3.41. The highest BCUT2D eigenvalue weighted by molar-refractivity contribution is 5.13. The standard InChI is InChI=1S/C12H12N2O/c1-2-4-11(5-3-1)8-15-9-12-6-13-10-14-7-12/h1-7,10H,8-9H2. The van der Waals surface area contributed by atoms with Crippen LogP contribution in [0.1, 0.15) is 11.1 Å². The topological polar surface area (TPSA) is 35.0 Å². The monoisotopic (exact) mass is 200 g/mol. The van der Waals surface area contributed by atoms with Crippen molar-refractivity contribution < 1.29 is 4.74 Å². The summed E-state index contributed by atoms with van der Waals surface area (Å²) in [4.78, 5) is 7.84. The van der Waals surface area contributed by atoms with Gasteiger partial charge in [0.2, 0.25) is 0 Å². The molecule has 1 aromatic heterocycles. The first-order chi connectivity index (χ1) is 7.45. The van der Waals surface area contributed by atoms with Crippen LogP contribution in [0.15, 0.2) is 49.1 Å². The van der Waals surface area contributed by atoms with Crippen LogP contribution in [0.5, 0.6) is 0 Å². The molecule has 0 fully saturated rings. The van der Waals surface area contributed by atoms with Gasteiger partial charge in [-0.05, 0) is 5.56 Å². The first-order valence-electron chi connectivity index (χ1n) is 4.81. The van der Waals surface area contributed by atoms with Crippen molar-refractivity contribution in [3.8, 4) is 0 Å². The average Bonchev–Trinajstić information content (AvgIpc) is 2.32. The van der Waals surface area contributed by atoms with Crippen LogP contribution in [0.2, 0.25) is 0 Å². The molecule has 2 aromatic rings. The third-order valence-corrected chi connectivity index (χ3v) is 1.99. The summed E-state index contributed by atoms with van der Waals surface area (Å²) in [5.41, 5.74) is 2.17. The molecule has 0 aliphatic carbocycles. The fourth-order valence-corrected chi connectivity index (χ4v) is 1.27. The first kappa shape index (κ1) is 9.80. The molecule has 1 aromatic carbocycles. The Hall–Kier alpha value is -1.74. The minimum atomic E-state index is 0.551. The van der Waals surface area contributed by atoms with Gasteiger partial charge in [0.25, 0.3) is 0 Å². The summed E-state index contributed by atoms with van der Waals surface area (Å²) in [5.74, 6) is 0. The highest BCUT2D eigenvalue weighted by atomic mass is 16.5. The normalized spacial score (nSPS) is 10.1. The van der Waals surface area contributed by atoms with Gasteiger partial charge in [-0.1, -0.05) is 30.3 Å². The Morgan fingerprint density at radius 3 is 2.27 bits per heavy atom. The molecule has 0 saturated heterocycles. The number of ether oxygens (including phenoxy) is 1. The molecule has 0 aliphatic rings. The zero-order valence-corrected chi connectivity index (χ0v) is 8.34. The van der Waals surface area contributed by atoms with Gasteiger partial charge >= 0.3 is 0 Å². The lowest BCUT2D eigenvalue weighted by Gasteiger charge is -2.03. The molecule has 15 heavy (non-hydrogen) atoms. The molecule has 1 heterocycles. The summed E-state index contributed by atoms with van der Waals surface area (Å²) in [6.45, 7) is 1.17. The number of rotatable bonds is 4. The molecule has 0 amide bonds. The van der Waals surface area contributed by atoms with Crippen LogP contribution in [-0.2, 0) is 18.0 Å². The largest absolute Gasteiger partial charge is 0.372 e. The van der Waals surface area contributed by atoms with Crippen LogP contribution >= 0.6 is 0 Å². The maximum absolute atomic E-state index is 5.53. The van der Waals surface area contributed by atoms with E-state index in [1.807, 2.05) is 30.3 Å². The number of hydrogen-bond donors (Lipinski definition) is 0. The van der Waals surface area contributed by atoms with Gasteiger partial charge in [0.15, 0.2) is 0 Å². The summed E-state index contributed by atoms with van der Waals surface area (Å²) < 4.78 is 5.53. The van der Waals surface area contributed by atoms with Crippen molar-refractivity contribution in [2.75, 3.05) is 0 Å². The van der Waals surface area contributed by atoms with Gasteiger partial charge in [-0.15, -0.1) is 0 Å². The van der Waals surface area contributed by atoms with Gasteiger partial charge in [0.1, 0.15) is 6.33 Å². The van der Waals surface area contributed by atoms with Crippen LogP contribution in [0.25, 0.3) is 0 Å². The zero-order valence-electron chi connectivity index (χ0n) is 8.34. The molecule has 3 heteroatoms. The van der Waals surface area contributed by atoms with Crippen molar-refractivity contribution in [3.63, 3.8) is 0 Å². The van der Waals surface area contributed by atoms with Crippen molar-refractivity contribution in [3.05, 3.63) is 60.2 Å². The second-order valence-corrected chi connectivity index (χ2v) is 3.23. The smallest absolute Gasteiger partial charge is 0.115 e. The lowest BCUT2D eigenvalue weighted by Crippen LogP contribution is -1.94. The molecule has 0 atom stereocenters. The van der Waals surface area contributed by atoms with Gasteiger partial charge in [-0.3, -0.25) is 0 Å². The Morgan fingerprint density at radius 2 is 1.53 bits per heavy atom. The van der Waals surface area contributed by atoms with Crippen LogP contribution in [-0.4, -0.2) is 9.97 Å². The van der Waals surface area contributed by atoms with E-state index in [1.165, 1.54) is 11.9 Å². The highest BCUT2D eigenvalue weighted by Crippen LogP contribution is 2.03. The molecule has 0 saturated carbocycles. The van der Waals surface area contributed by atoms with Crippen molar-refractivity contribution >= 4 is 0 Å². The van der Waals surface area contributed by atoms with Crippen LogP contribution in [0.3, 0.4) is 0 Å². The Balaban J connectivity index is 1.81. The SMILES string of the molecule is c1ccc(COCc2cncnc2)cc1. The maximum Gasteiger partial charge on any atom is 0.115 e. The van der Waals surface area contributed by atoms with Gasteiger partial charge in [0, 0.05) is 18.0 Å². The quantitative estimate of drug-likeness (QED) is 0.758. The Bertz CT molecular complexity index is 349. The van der Waals surface area contributed by atoms with Crippen LogP contribution < -0.4 is 0 Å². The van der Waals surface area contributed by atoms with E-state index in [-0.39, 0.29) is 0 Å². The summed E-state index contributed by atoms with van der Waals surface area (Å²) in [6, 6.07) is 10.1. The molecule has 3 nitrogen and oxygen atoms in total. The molecular formula is C12H12N2O. The predicted octanol–water partition coefficient (Wildman–Crippen LogP) is 2.19. The van der Waals surface area contributed by atoms with Crippen molar-refractivity contribution in [2.24, 2.45) is 0 Å². The highest BCUT2D eigenvalue weighted by Gasteiger charge is 1.94. The van der Waals surface area contributed by atoms with Gasteiger partial charge in [-0.2, -0.15) is 0 Å². The van der Waals surface area contributed by atoms with Crippen LogP contribution in [0.4, 0.5) is 0 Å². The Labute approximate surface area is 88.8 Å². The third-order valence-electron chi connectivity index (χ3n) is 1.99. The van der Waals surface area contributed by atoms with E-state index in [0.29, 0.717) is 13.2 Å². The van der Waals surface area contributed by atoms with Crippen molar-refractivity contribution in [1.82, 2.24) is 9.97 Å². The number of nitrogens with zero attached hydrogens (tertiary/aromatic N) is 2.